The first-order chi connectivity index (χ1) is 13.8. The Hall–Kier alpha value is -1.92. The van der Waals surface area contributed by atoms with Crippen LogP contribution >= 0.6 is 0 Å². The third-order valence-corrected chi connectivity index (χ3v) is 8.79. The van der Waals surface area contributed by atoms with E-state index in [0.717, 1.165) is 41.9 Å². The summed E-state index contributed by atoms with van der Waals surface area (Å²) in [6.07, 6.45) is 2.85. The van der Waals surface area contributed by atoms with Crippen LogP contribution in [0.5, 0.6) is 0 Å². The maximum atomic E-state index is 14.0. The first-order valence-corrected chi connectivity index (χ1v) is 10.8. The van der Waals surface area contributed by atoms with Gasteiger partial charge in [0.05, 0.1) is 19.3 Å². The molecule has 3 aliphatic carbocycles. The maximum absolute atomic E-state index is 14.0. The highest BCUT2D eigenvalue weighted by molar-refractivity contribution is 6.17. The number of esters is 1. The maximum Gasteiger partial charge on any atom is 0.338 e. The van der Waals surface area contributed by atoms with Crippen LogP contribution in [-0.2, 0) is 19.1 Å². The molecule has 2 bridgehead atoms. The van der Waals surface area contributed by atoms with Gasteiger partial charge >= 0.3 is 5.97 Å². The van der Waals surface area contributed by atoms with Gasteiger partial charge in [-0.3, -0.25) is 9.69 Å². The lowest BCUT2D eigenvalue weighted by Crippen LogP contribution is -2.59. The van der Waals surface area contributed by atoms with Crippen LogP contribution in [0.15, 0.2) is 33.6 Å². The highest BCUT2D eigenvalue weighted by atomic mass is 16.5. The van der Waals surface area contributed by atoms with Gasteiger partial charge in [0.15, 0.2) is 5.78 Å². The normalized spacial score (nSPS) is 42.8. The molecular formula is C23H27NO5. The molecule has 6 heteroatoms. The predicted octanol–water partition coefficient (Wildman–Crippen LogP) is 1.89. The Balaban J connectivity index is 1.73. The number of fused-ring (bicyclic) bond motifs is 1. The molecule has 2 fully saturated rings. The van der Waals surface area contributed by atoms with E-state index in [2.05, 4.69) is 11.8 Å². The summed E-state index contributed by atoms with van der Waals surface area (Å²) in [5.41, 5.74) is 1.93. The fraction of sp³-hybridized carbons (Fsp3) is 0.652. The molecule has 6 nitrogen and oxygen atoms in total. The number of hydrogen-bond donors (Lipinski definition) is 1. The molecule has 0 spiro atoms. The van der Waals surface area contributed by atoms with Gasteiger partial charge in [0.2, 0.25) is 0 Å². The molecule has 1 unspecified atom stereocenters. The smallest absolute Gasteiger partial charge is 0.338 e. The van der Waals surface area contributed by atoms with Crippen LogP contribution in [0.3, 0.4) is 0 Å². The minimum Gasteiger partial charge on any atom is -0.497 e. The molecular weight excluding hydrogens is 370 g/mol. The summed E-state index contributed by atoms with van der Waals surface area (Å²) < 4.78 is 11.2. The van der Waals surface area contributed by atoms with Crippen molar-refractivity contribution in [1.82, 2.24) is 4.90 Å². The van der Waals surface area contributed by atoms with Crippen LogP contribution in [0.1, 0.15) is 39.5 Å². The molecule has 0 amide bonds. The fourth-order valence-electron chi connectivity index (χ4n) is 7.27. The molecule has 1 N–H and O–H groups in total. The standard InChI is InChI=1S/C23H27NO5/c1-11-9-24-10-12-4-5-14-16-13(6-7-29-14)17(21(26)28-3)18-19(16)22(12,2)15(24)8-23(11,27)20(18)25/h11-12,15,27H,4-10H2,1-3H3/t11-,12-,15?,22-,23+/m1/s1. The predicted molar refractivity (Wildman–Crippen MR) is 104 cm³/mol. The van der Waals surface area contributed by atoms with Crippen LogP contribution in [0.2, 0.25) is 0 Å². The Bertz CT molecular complexity index is 974. The van der Waals surface area contributed by atoms with Crippen molar-refractivity contribution in [3.05, 3.63) is 33.6 Å². The summed E-state index contributed by atoms with van der Waals surface area (Å²) in [7, 11) is 1.36. The first-order valence-electron chi connectivity index (χ1n) is 10.8. The molecule has 0 radical (unpaired) electrons. The number of nitrogens with zero attached hydrogens (tertiary/aromatic N) is 1. The van der Waals surface area contributed by atoms with Crippen molar-refractivity contribution in [1.29, 1.82) is 0 Å². The zero-order valence-corrected chi connectivity index (χ0v) is 17.2. The quantitative estimate of drug-likeness (QED) is 0.681. The Morgan fingerprint density at radius 1 is 1.28 bits per heavy atom. The fourth-order valence-corrected chi connectivity index (χ4v) is 7.27. The number of aliphatic hydroxyl groups is 1. The zero-order chi connectivity index (χ0) is 20.3. The summed E-state index contributed by atoms with van der Waals surface area (Å²) >= 11 is 0. The van der Waals surface area contributed by atoms with Crippen molar-refractivity contribution in [2.75, 3.05) is 26.8 Å². The number of carbonyl (C=O) groups is 2. The third kappa shape index (κ3) is 1.86. The van der Waals surface area contributed by atoms with Crippen molar-refractivity contribution < 1.29 is 24.2 Å². The highest BCUT2D eigenvalue weighted by Crippen LogP contribution is 2.65. The molecule has 29 heavy (non-hydrogen) atoms. The molecule has 3 aliphatic heterocycles. The van der Waals surface area contributed by atoms with Crippen molar-refractivity contribution in [2.24, 2.45) is 17.3 Å². The lowest BCUT2D eigenvalue weighted by atomic mass is 9.65. The Kier molecular flexibility index (Phi) is 3.34. The summed E-state index contributed by atoms with van der Waals surface area (Å²) in [4.78, 5) is 29.4. The number of carbonyl (C=O) groups excluding carboxylic acids is 2. The molecule has 3 heterocycles. The Morgan fingerprint density at radius 3 is 2.83 bits per heavy atom. The average molecular weight is 397 g/mol. The van der Waals surface area contributed by atoms with E-state index in [-0.39, 0.29) is 23.2 Å². The van der Waals surface area contributed by atoms with E-state index in [1.54, 1.807) is 0 Å². The first kappa shape index (κ1) is 17.9. The van der Waals surface area contributed by atoms with E-state index < -0.39 is 11.6 Å². The molecule has 0 aromatic rings. The summed E-state index contributed by atoms with van der Waals surface area (Å²) in [6, 6.07) is 0.0946. The van der Waals surface area contributed by atoms with E-state index in [0.29, 0.717) is 43.1 Å². The second kappa shape index (κ2) is 5.41. The Morgan fingerprint density at radius 2 is 2.07 bits per heavy atom. The van der Waals surface area contributed by atoms with Gasteiger partial charge in [-0.25, -0.2) is 4.79 Å². The van der Waals surface area contributed by atoms with E-state index in [9.17, 15) is 14.7 Å². The second-order valence-corrected chi connectivity index (χ2v) is 9.84. The molecule has 6 aliphatic rings. The number of ketones is 1. The molecule has 154 valence electrons. The van der Waals surface area contributed by atoms with Gasteiger partial charge in [-0.15, -0.1) is 0 Å². The van der Waals surface area contributed by atoms with Crippen molar-refractivity contribution in [3.8, 4) is 0 Å². The van der Waals surface area contributed by atoms with E-state index in [4.69, 9.17) is 9.47 Å². The van der Waals surface area contributed by atoms with Gasteiger partial charge < -0.3 is 14.6 Å². The molecule has 6 rings (SSSR count). The third-order valence-electron chi connectivity index (χ3n) is 8.79. The van der Waals surface area contributed by atoms with Crippen molar-refractivity contribution in [2.45, 2.75) is 51.2 Å². The molecule has 0 aromatic carbocycles. The Labute approximate surface area is 170 Å². The minimum atomic E-state index is -1.44. The van der Waals surface area contributed by atoms with Gasteiger partial charge in [0.25, 0.3) is 0 Å². The highest BCUT2D eigenvalue weighted by Gasteiger charge is 2.66. The monoisotopic (exact) mass is 397 g/mol. The number of allylic oxidation sites excluding steroid dienone is 2. The number of piperidine rings is 1. The number of methoxy groups -OCH3 is 1. The van der Waals surface area contributed by atoms with Crippen LogP contribution in [-0.4, -0.2) is 60.2 Å². The number of rotatable bonds is 1. The lowest BCUT2D eigenvalue weighted by Gasteiger charge is -2.47. The number of hydrogen-bond acceptors (Lipinski definition) is 6. The number of ether oxygens (including phenoxy) is 2. The van der Waals surface area contributed by atoms with E-state index >= 15 is 0 Å². The van der Waals surface area contributed by atoms with Crippen LogP contribution in [0.25, 0.3) is 0 Å². The van der Waals surface area contributed by atoms with Crippen LogP contribution < -0.4 is 0 Å². The van der Waals surface area contributed by atoms with Crippen LogP contribution in [0.4, 0.5) is 0 Å². The lowest BCUT2D eigenvalue weighted by molar-refractivity contribution is -0.148. The van der Waals surface area contributed by atoms with Gasteiger partial charge in [-0.05, 0) is 23.5 Å². The molecule has 5 atom stereocenters. The van der Waals surface area contributed by atoms with E-state index in [1.807, 2.05) is 6.92 Å². The molecule has 0 saturated carbocycles. The minimum absolute atomic E-state index is 0.0946. The molecule has 0 aromatic heterocycles. The van der Waals surface area contributed by atoms with Crippen LogP contribution in [0, 0.1) is 17.3 Å². The van der Waals surface area contributed by atoms with Gasteiger partial charge in [0.1, 0.15) is 11.4 Å². The SMILES string of the molecule is COC(=O)C1=C2CCOC3=C2C2=C1C(=O)[C@]1(O)CC4N(C[C@@H](CC3)[C@@]24C)C[C@H]1C. The average Bonchev–Trinajstić information content (AvgIpc) is 3.13. The second-order valence-electron chi connectivity index (χ2n) is 9.84. The van der Waals surface area contributed by atoms with Gasteiger partial charge in [0, 0.05) is 60.9 Å². The zero-order valence-electron chi connectivity index (χ0n) is 17.2. The topological polar surface area (TPSA) is 76.1 Å². The largest absolute Gasteiger partial charge is 0.497 e. The van der Waals surface area contributed by atoms with Gasteiger partial charge in [-0.1, -0.05) is 13.8 Å². The summed E-state index contributed by atoms with van der Waals surface area (Å²) in [5, 5.41) is 11.7. The molecule has 2 saturated heterocycles. The van der Waals surface area contributed by atoms with Gasteiger partial charge in [-0.2, -0.15) is 0 Å². The summed E-state index contributed by atoms with van der Waals surface area (Å²) in [5.74, 6) is 0.345. The van der Waals surface area contributed by atoms with Crippen molar-refractivity contribution >= 4 is 11.8 Å². The van der Waals surface area contributed by atoms with Crippen molar-refractivity contribution in [3.63, 3.8) is 0 Å². The number of Topliss-reactive ketones (excluding diaryl/α,β-unsaturated/α-hetero) is 1. The summed E-state index contributed by atoms with van der Waals surface area (Å²) in [6.45, 7) is 6.42. The van der Waals surface area contributed by atoms with E-state index in [1.165, 1.54) is 7.11 Å².